The molecular weight excluding hydrogens is 316 g/mol. The van der Waals surface area contributed by atoms with Crippen molar-refractivity contribution in [3.8, 4) is 0 Å². The van der Waals surface area contributed by atoms with E-state index in [2.05, 4.69) is 24.3 Å². The van der Waals surface area contributed by atoms with Gasteiger partial charge in [0.05, 0.1) is 4.88 Å². The molecule has 3 rings (SSSR count). The Kier molecular flexibility index (Phi) is 5.62. The summed E-state index contributed by atoms with van der Waals surface area (Å²) in [5.41, 5.74) is 7.21. The van der Waals surface area contributed by atoms with Crippen molar-refractivity contribution in [2.45, 2.75) is 12.8 Å². The third-order valence-electron chi connectivity index (χ3n) is 4.21. The van der Waals surface area contributed by atoms with Gasteiger partial charge in [0.2, 0.25) is 0 Å². The number of nitrogens with two attached hydrogens (primary N) is 1. The number of nitrogens with zero attached hydrogens (tertiary/aromatic N) is 1. The first kappa shape index (κ1) is 17.0. The summed E-state index contributed by atoms with van der Waals surface area (Å²) in [4.78, 5) is 16.6. The SMILES string of the molecule is Cc1ccc(C(=O)N2C[C@@H](CN)[C@H](c3ccccc3)C2)s1.Cl. The van der Waals surface area contributed by atoms with E-state index in [0.717, 1.165) is 18.0 Å². The maximum Gasteiger partial charge on any atom is 0.263 e. The molecule has 1 saturated heterocycles. The topological polar surface area (TPSA) is 46.3 Å². The summed E-state index contributed by atoms with van der Waals surface area (Å²) in [6, 6.07) is 14.3. The molecule has 3 nitrogen and oxygen atoms in total. The van der Waals surface area contributed by atoms with Crippen LogP contribution < -0.4 is 5.73 Å². The Balaban J connectivity index is 0.00000176. The van der Waals surface area contributed by atoms with E-state index in [9.17, 15) is 4.79 Å². The number of carbonyl (C=O) groups is 1. The number of halogens is 1. The van der Waals surface area contributed by atoms with E-state index < -0.39 is 0 Å². The third-order valence-corrected chi connectivity index (χ3v) is 5.20. The summed E-state index contributed by atoms with van der Waals surface area (Å²) in [6.45, 7) is 4.17. The number of benzene rings is 1. The molecule has 1 amide bonds. The molecule has 2 aromatic rings. The lowest BCUT2D eigenvalue weighted by atomic mass is 9.89. The Morgan fingerprint density at radius 2 is 1.95 bits per heavy atom. The van der Waals surface area contributed by atoms with Crippen molar-refractivity contribution >= 4 is 29.7 Å². The Morgan fingerprint density at radius 3 is 2.55 bits per heavy atom. The summed E-state index contributed by atoms with van der Waals surface area (Å²) in [7, 11) is 0. The van der Waals surface area contributed by atoms with Crippen molar-refractivity contribution in [2.75, 3.05) is 19.6 Å². The summed E-state index contributed by atoms with van der Waals surface area (Å²) in [5, 5.41) is 0. The zero-order valence-electron chi connectivity index (χ0n) is 12.6. The van der Waals surface area contributed by atoms with E-state index in [-0.39, 0.29) is 18.3 Å². The highest BCUT2D eigenvalue weighted by atomic mass is 35.5. The molecule has 118 valence electrons. The standard InChI is InChI=1S/C17H20N2OS.ClH/c1-12-7-8-16(21-12)17(20)19-10-14(9-18)15(11-19)13-5-3-2-4-6-13;/h2-8,14-15H,9-11,18H2,1H3;1H/t14-,15+;/m1./s1. The maximum atomic E-state index is 12.6. The second-order valence-corrected chi connectivity index (χ2v) is 6.92. The van der Waals surface area contributed by atoms with Crippen LogP contribution in [0.15, 0.2) is 42.5 Å². The van der Waals surface area contributed by atoms with Crippen LogP contribution in [0.3, 0.4) is 0 Å². The maximum absolute atomic E-state index is 12.6. The van der Waals surface area contributed by atoms with Gasteiger partial charge in [-0.05, 0) is 37.1 Å². The minimum Gasteiger partial charge on any atom is -0.337 e. The molecule has 1 aliphatic rings. The van der Waals surface area contributed by atoms with Gasteiger partial charge in [-0.1, -0.05) is 30.3 Å². The van der Waals surface area contributed by atoms with E-state index >= 15 is 0 Å². The van der Waals surface area contributed by atoms with Crippen molar-refractivity contribution in [3.05, 3.63) is 57.8 Å². The van der Waals surface area contributed by atoms with Crippen LogP contribution in [0.5, 0.6) is 0 Å². The number of amides is 1. The summed E-state index contributed by atoms with van der Waals surface area (Å²) in [6.07, 6.45) is 0. The first-order valence-corrected chi connectivity index (χ1v) is 8.11. The number of aryl methyl sites for hydroxylation is 1. The van der Waals surface area contributed by atoms with Gasteiger partial charge in [0.1, 0.15) is 0 Å². The van der Waals surface area contributed by atoms with Gasteiger partial charge in [0, 0.05) is 23.9 Å². The van der Waals surface area contributed by atoms with Crippen molar-refractivity contribution in [2.24, 2.45) is 11.7 Å². The molecule has 0 spiro atoms. The number of hydrogen-bond donors (Lipinski definition) is 1. The van der Waals surface area contributed by atoms with Crippen LogP contribution in [0, 0.1) is 12.8 Å². The van der Waals surface area contributed by atoms with Crippen LogP contribution in [0.1, 0.15) is 26.0 Å². The number of rotatable bonds is 3. The van der Waals surface area contributed by atoms with Gasteiger partial charge in [-0.25, -0.2) is 0 Å². The van der Waals surface area contributed by atoms with Crippen LogP contribution in [0.2, 0.25) is 0 Å². The minimum absolute atomic E-state index is 0. The molecule has 1 aromatic carbocycles. The fraction of sp³-hybridized carbons (Fsp3) is 0.353. The van der Waals surface area contributed by atoms with E-state index in [4.69, 9.17) is 5.73 Å². The number of thiophene rings is 1. The predicted molar refractivity (Wildman–Crippen MR) is 93.9 cm³/mol. The van der Waals surface area contributed by atoms with Crippen molar-refractivity contribution in [1.29, 1.82) is 0 Å². The van der Waals surface area contributed by atoms with Gasteiger partial charge in [0.25, 0.3) is 5.91 Å². The van der Waals surface area contributed by atoms with Crippen LogP contribution in [-0.2, 0) is 0 Å². The van der Waals surface area contributed by atoms with E-state index in [0.29, 0.717) is 18.4 Å². The fourth-order valence-electron chi connectivity index (χ4n) is 3.06. The molecule has 2 N–H and O–H groups in total. The lowest BCUT2D eigenvalue weighted by Gasteiger charge is -2.16. The Labute approximate surface area is 141 Å². The molecule has 1 fully saturated rings. The Bertz CT molecular complexity index is 629. The lowest BCUT2D eigenvalue weighted by molar-refractivity contribution is 0.0791. The molecule has 1 aromatic heterocycles. The molecule has 0 aliphatic carbocycles. The van der Waals surface area contributed by atoms with Crippen LogP contribution in [0.25, 0.3) is 0 Å². The molecule has 5 heteroatoms. The van der Waals surface area contributed by atoms with E-state index in [1.165, 1.54) is 10.4 Å². The molecule has 22 heavy (non-hydrogen) atoms. The highest BCUT2D eigenvalue weighted by Gasteiger charge is 2.35. The molecule has 0 saturated carbocycles. The van der Waals surface area contributed by atoms with Crippen molar-refractivity contribution in [1.82, 2.24) is 4.90 Å². The van der Waals surface area contributed by atoms with Crippen LogP contribution in [0.4, 0.5) is 0 Å². The largest absolute Gasteiger partial charge is 0.337 e. The normalized spacial score (nSPS) is 20.7. The first-order valence-electron chi connectivity index (χ1n) is 7.29. The molecule has 1 aliphatic heterocycles. The minimum atomic E-state index is 0. The van der Waals surface area contributed by atoms with Gasteiger partial charge in [-0.3, -0.25) is 4.79 Å². The zero-order chi connectivity index (χ0) is 14.8. The number of likely N-dealkylation sites (tertiary alicyclic amines) is 1. The van der Waals surface area contributed by atoms with Crippen molar-refractivity contribution in [3.63, 3.8) is 0 Å². The van der Waals surface area contributed by atoms with Gasteiger partial charge in [0.15, 0.2) is 0 Å². The average Bonchev–Trinajstić information content (AvgIpc) is 3.13. The molecule has 0 bridgehead atoms. The Hall–Kier alpha value is -1.36. The van der Waals surface area contributed by atoms with Gasteiger partial charge >= 0.3 is 0 Å². The molecule has 0 radical (unpaired) electrons. The van der Waals surface area contributed by atoms with E-state index in [1.807, 2.05) is 30.0 Å². The van der Waals surface area contributed by atoms with Crippen molar-refractivity contribution < 1.29 is 4.79 Å². The predicted octanol–water partition coefficient (Wildman–Crippen LogP) is 3.29. The fourth-order valence-corrected chi connectivity index (χ4v) is 3.89. The van der Waals surface area contributed by atoms with Crippen LogP contribution in [-0.4, -0.2) is 30.4 Å². The number of carbonyl (C=O) groups excluding carboxylic acids is 1. The molecule has 0 unspecified atom stereocenters. The quantitative estimate of drug-likeness (QED) is 0.934. The second-order valence-electron chi connectivity index (χ2n) is 5.63. The number of hydrogen-bond acceptors (Lipinski definition) is 3. The third kappa shape index (κ3) is 3.35. The summed E-state index contributed by atoms with van der Waals surface area (Å²) < 4.78 is 0. The van der Waals surface area contributed by atoms with Gasteiger partial charge < -0.3 is 10.6 Å². The Morgan fingerprint density at radius 1 is 1.23 bits per heavy atom. The lowest BCUT2D eigenvalue weighted by Crippen LogP contribution is -2.29. The zero-order valence-corrected chi connectivity index (χ0v) is 14.2. The first-order chi connectivity index (χ1) is 10.2. The average molecular weight is 337 g/mol. The highest BCUT2D eigenvalue weighted by molar-refractivity contribution is 7.13. The van der Waals surface area contributed by atoms with Gasteiger partial charge in [-0.2, -0.15) is 0 Å². The summed E-state index contributed by atoms with van der Waals surface area (Å²) >= 11 is 1.57. The molecule has 2 heterocycles. The summed E-state index contributed by atoms with van der Waals surface area (Å²) in [5.74, 6) is 0.837. The smallest absolute Gasteiger partial charge is 0.263 e. The van der Waals surface area contributed by atoms with E-state index in [1.54, 1.807) is 11.3 Å². The monoisotopic (exact) mass is 336 g/mol. The van der Waals surface area contributed by atoms with Crippen LogP contribution >= 0.6 is 23.7 Å². The highest BCUT2D eigenvalue weighted by Crippen LogP contribution is 2.33. The van der Waals surface area contributed by atoms with Gasteiger partial charge in [-0.15, -0.1) is 23.7 Å². The second kappa shape index (κ2) is 7.27. The molecule has 2 atom stereocenters. The molecular formula is C17H21ClN2OS.